The van der Waals surface area contributed by atoms with Crippen LogP contribution in [0, 0.1) is 0 Å². The number of nitrogens with zero attached hydrogens (tertiary/aromatic N) is 1. The first-order valence-corrected chi connectivity index (χ1v) is 10.1. The van der Waals surface area contributed by atoms with Crippen LogP contribution in [0.15, 0.2) is 46.1 Å². The van der Waals surface area contributed by atoms with E-state index in [1.807, 2.05) is 6.92 Å². The number of hydrogen-bond acceptors (Lipinski definition) is 6. The van der Waals surface area contributed by atoms with Crippen LogP contribution in [0.25, 0.3) is 10.2 Å². The lowest BCUT2D eigenvalue weighted by molar-refractivity contribution is 0.355. The van der Waals surface area contributed by atoms with E-state index in [1.165, 1.54) is 26.4 Å². The lowest BCUT2D eigenvalue weighted by Crippen LogP contribution is -2.13. The predicted octanol–water partition coefficient (Wildman–Crippen LogP) is 2.90. The number of fused-ring (bicyclic) bond motifs is 1. The number of aromatic nitrogens is 1. The number of hydrogen-bond donors (Lipinski definition) is 1. The number of ether oxygens (including phenoxy) is 2. The molecule has 1 N–H and O–H groups in total. The van der Waals surface area contributed by atoms with Gasteiger partial charge in [0.1, 0.15) is 0 Å². The third-order valence-electron chi connectivity index (χ3n) is 3.90. The number of anilines is 1. The van der Waals surface area contributed by atoms with Crippen LogP contribution >= 0.6 is 11.3 Å². The van der Waals surface area contributed by atoms with Gasteiger partial charge in [-0.05, 0) is 37.3 Å². The van der Waals surface area contributed by atoms with Crippen LogP contribution in [0.2, 0.25) is 0 Å². The van der Waals surface area contributed by atoms with Gasteiger partial charge in [-0.25, -0.2) is 8.42 Å². The van der Waals surface area contributed by atoms with Crippen molar-refractivity contribution in [2.75, 3.05) is 18.9 Å². The van der Waals surface area contributed by atoms with E-state index < -0.39 is 10.0 Å². The second-order valence-corrected chi connectivity index (χ2v) is 8.09. The van der Waals surface area contributed by atoms with Gasteiger partial charge in [-0.3, -0.25) is 14.1 Å². The van der Waals surface area contributed by atoms with Crippen LogP contribution in [-0.4, -0.2) is 27.2 Å². The zero-order chi connectivity index (χ0) is 18.9. The molecule has 0 fully saturated rings. The fourth-order valence-corrected chi connectivity index (χ4v) is 4.77. The van der Waals surface area contributed by atoms with Gasteiger partial charge >= 0.3 is 4.87 Å². The standard InChI is InChI=1S/C17H18N2O5S2/c1-4-19-13-7-6-12(10-16(13)25-17(19)20)26(21,22)18-11-5-8-14(23-2)15(9-11)24-3/h5-10,18H,4H2,1-3H3. The van der Waals surface area contributed by atoms with Crippen LogP contribution < -0.4 is 19.1 Å². The Balaban J connectivity index is 1.98. The monoisotopic (exact) mass is 394 g/mol. The summed E-state index contributed by atoms with van der Waals surface area (Å²) in [6, 6.07) is 9.40. The molecule has 26 heavy (non-hydrogen) atoms. The van der Waals surface area contributed by atoms with Crippen LogP contribution in [0.3, 0.4) is 0 Å². The van der Waals surface area contributed by atoms with Crippen molar-refractivity contribution in [3.8, 4) is 11.5 Å². The lowest BCUT2D eigenvalue weighted by atomic mass is 10.3. The molecule has 0 bridgehead atoms. The van der Waals surface area contributed by atoms with Crippen molar-refractivity contribution in [1.82, 2.24) is 4.57 Å². The minimum absolute atomic E-state index is 0.0873. The van der Waals surface area contributed by atoms with Crippen molar-refractivity contribution >= 4 is 37.3 Å². The van der Waals surface area contributed by atoms with Crippen molar-refractivity contribution in [2.45, 2.75) is 18.4 Å². The first-order chi connectivity index (χ1) is 12.4. The molecule has 0 amide bonds. The molecular weight excluding hydrogens is 376 g/mol. The van der Waals surface area contributed by atoms with E-state index in [-0.39, 0.29) is 9.77 Å². The number of thiazole rings is 1. The van der Waals surface area contributed by atoms with Crippen LogP contribution in [0.5, 0.6) is 11.5 Å². The fraction of sp³-hybridized carbons (Fsp3) is 0.235. The largest absolute Gasteiger partial charge is 0.493 e. The number of sulfonamides is 1. The first-order valence-electron chi connectivity index (χ1n) is 7.78. The van der Waals surface area contributed by atoms with Gasteiger partial charge in [0.05, 0.1) is 35.0 Å². The third-order valence-corrected chi connectivity index (χ3v) is 6.22. The van der Waals surface area contributed by atoms with Crippen molar-refractivity contribution < 1.29 is 17.9 Å². The van der Waals surface area contributed by atoms with E-state index in [4.69, 9.17) is 9.47 Å². The Kier molecular flexibility index (Phi) is 4.92. The van der Waals surface area contributed by atoms with Gasteiger partial charge in [-0.2, -0.15) is 0 Å². The van der Waals surface area contributed by atoms with E-state index in [2.05, 4.69) is 4.72 Å². The molecule has 0 unspecified atom stereocenters. The Morgan fingerprint density at radius 3 is 2.46 bits per heavy atom. The zero-order valence-corrected chi connectivity index (χ0v) is 16.1. The Hall–Kier alpha value is -2.52. The van der Waals surface area contributed by atoms with Crippen molar-refractivity contribution in [2.24, 2.45) is 0 Å². The molecule has 138 valence electrons. The summed E-state index contributed by atoms with van der Waals surface area (Å²) >= 11 is 1.03. The maximum Gasteiger partial charge on any atom is 0.308 e. The van der Waals surface area contributed by atoms with E-state index >= 15 is 0 Å². The minimum atomic E-state index is -3.81. The molecule has 3 rings (SSSR count). The number of benzene rings is 2. The molecular formula is C17H18N2O5S2. The summed E-state index contributed by atoms with van der Waals surface area (Å²) in [7, 11) is -0.829. The smallest absolute Gasteiger partial charge is 0.308 e. The summed E-state index contributed by atoms with van der Waals surface area (Å²) in [5, 5.41) is 0. The molecule has 0 spiro atoms. The number of methoxy groups -OCH3 is 2. The molecule has 0 saturated heterocycles. The van der Waals surface area contributed by atoms with Crippen molar-refractivity contribution in [3.63, 3.8) is 0 Å². The third kappa shape index (κ3) is 3.27. The molecule has 0 atom stereocenters. The average Bonchev–Trinajstić information content (AvgIpc) is 2.95. The summed E-state index contributed by atoms with van der Waals surface area (Å²) < 4.78 is 40.5. The Labute approximate surface area is 154 Å². The Morgan fingerprint density at radius 1 is 1.08 bits per heavy atom. The summed E-state index contributed by atoms with van der Waals surface area (Å²) in [5.41, 5.74) is 1.08. The minimum Gasteiger partial charge on any atom is -0.493 e. The number of rotatable bonds is 6. The van der Waals surface area contributed by atoms with E-state index in [0.29, 0.717) is 28.4 Å². The second-order valence-electron chi connectivity index (χ2n) is 5.42. The van der Waals surface area contributed by atoms with Crippen LogP contribution in [0.4, 0.5) is 5.69 Å². The van der Waals surface area contributed by atoms with Crippen molar-refractivity contribution in [3.05, 3.63) is 46.1 Å². The SMILES string of the molecule is CCn1c(=O)sc2cc(S(=O)(=O)Nc3ccc(OC)c(OC)c3)ccc21. The number of aryl methyl sites for hydroxylation is 1. The van der Waals surface area contributed by atoms with Gasteiger partial charge in [-0.15, -0.1) is 0 Å². The highest BCUT2D eigenvalue weighted by Crippen LogP contribution is 2.31. The molecule has 0 aliphatic carbocycles. The molecule has 1 aromatic heterocycles. The van der Waals surface area contributed by atoms with E-state index in [1.54, 1.807) is 28.8 Å². The molecule has 3 aromatic rings. The fourth-order valence-electron chi connectivity index (χ4n) is 2.63. The number of nitrogens with one attached hydrogen (secondary N) is 1. The normalized spacial score (nSPS) is 11.5. The van der Waals surface area contributed by atoms with Gasteiger partial charge < -0.3 is 9.47 Å². The van der Waals surface area contributed by atoms with Gasteiger partial charge in [-0.1, -0.05) is 11.3 Å². The molecule has 0 aliphatic heterocycles. The van der Waals surface area contributed by atoms with Crippen molar-refractivity contribution in [1.29, 1.82) is 0 Å². The highest BCUT2D eigenvalue weighted by molar-refractivity contribution is 7.92. The first kappa shape index (κ1) is 18.3. The Bertz CT molecular complexity index is 1120. The van der Waals surface area contributed by atoms with Gasteiger partial charge in [0.25, 0.3) is 10.0 Å². The van der Waals surface area contributed by atoms with Crippen LogP contribution in [-0.2, 0) is 16.6 Å². The molecule has 9 heteroatoms. The molecule has 0 saturated carbocycles. The Morgan fingerprint density at radius 2 is 1.81 bits per heavy atom. The predicted molar refractivity (Wildman–Crippen MR) is 102 cm³/mol. The quantitative estimate of drug-likeness (QED) is 0.695. The van der Waals surface area contributed by atoms with E-state index in [0.717, 1.165) is 16.9 Å². The second kappa shape index (κ2) is 7.00. The molecule has 1 heterocycles. The molecule has 0 radical (unpaired) electrons. The van der Waals surface area contributed by atoms with Gasteiger partial charge in [0.2, 0.25) is 0 Å². The molecule has 7 nitrogen and oxygen atoms in total. The summed E-state index contributed by atoms with van der Waals surface area (Å²) in [5.74, 6) is 0.920. The van der Waals surface area contributed by atoms with Gasteiger partial charge in [0.15, 0.2) is 11.5 Å². The summed E-state index contributed by atoms with van der Waals surface area (Å²) in [6.45, 7) is 2.41. The highest BCUT2D eigenvalue weighted by atomic mass is 32.2. The topological polar surface area (TPSA) is 86.6 Å². The van der Waals surface area contributed by atoms with Crippen LogP contribution in [0.1, 0.15) is 6.92 Å². The maximum atomic E-state index is 12.7. The highest BCUT2D eigenvalue weighted by Gasteiger charge is 2.17. The maximum absolute atomic E-state index is 12.7. The van der Waals surface area contributed by atoms with E-state index in [9.17, 15) is 13.2 Å². The average molecular weight is 394 g/mol. The summed E-state index contributed by atoms with van der Waals surface area (Å²) in [6.07, 6.45) is 0. The van der Waals surface area contributed by atoms with Gasteiger partial charge in [0, 0.05) is 12.6 Å². The zero-order valence-electron chi connectivity index (χ0n) is 14.5. The summed E-state index contributed by atoms with van der Waals surface area (Å²) in [4.78, 5) is 11.9. The lowest BCUT2D eigenvalue weighted by Gasteiger charge is -2.12. The molecule has 0 aliphatic rings. The molecule has 2 aromatic carbocycles.